The van der Waals surface area contributed by atoms with Crippen molar-refractivity contribution >= 4 is 23.8 Å². The van der Waals surface area contributed by atoms with Crippen molar-refractivity contribution in [1.82, 2.24) is 15.2 Å². The second-order valence-electron chi connectivity index (χ2n) is 5.63. The molecule has 0 saturated carbocycles. The first-order valence-electron chi connectivity index (χ1n) is 7.39. The van der Waals surface area contributed by atoms with Gasteiger partial charge >= 0.3 is 6.09 Å². The van der Waals surface area contributed by atoms with Crippen LogP contribution >= 0.6 is 11.8 Å². The minimum Gasteiger partial charge on any atom is -0.441 e. The van der Waals surface area contributed by atoms with Crippen LogP contribution in [0.1, 0.15) is 29.6 Å². The average molecular weight is 321 g/mol. The van der Waals surface area contributed by atoms with Crippen LogP contribution in [0.15, 0.2) is 23.4 Å². The summed E-state index contributed by atoms with van der Waals surface area (Å²) in [5.74, 6) is 0.00628. The molecule has 2 fully saturated rings. The minimum atomic E-state index is -0.441. The van der Waals surface area contributed by atoms with Crippen molar-refractivity contribution in [2.24, 2.45) is 0 Å². The molecule has 7 heteroatoms. The zero-order valence-corrected chi connectivity index (χ0v) is 13.3. The number of carbonyl (C=O) groups is 2. The second-order valence-corrected chi connectivity index (χ2v) is 6.43. The van der Waals surface area contributed by atoms with Crippen molar-refractivity contribution in [3.05, 3.63) is 23.9 Å². The van der Waals surface area contributed by atoms with E-state index in [9.17, 15) is 9.59 Å². The molecular weight excluding hydrogens is 302 g/mol. The number of nitrogens with one attached hydrogen (secondary N) is 1. The first-order chi connectivity index (χ1) is 10.6. The minimum absolute atomic E-state index is 0.00628. The fraction of sp³-hybridized carbons (Fsp3) is 0.533. The number of likely N-dealkylation sites (tertiary alicyclic amines) is 1. The van der Waals surface area contributed by atoms with E-state index in [4.69, 9.17) is 4.74 Å². The summed E-state index contributed by atoms with van der Waals surface area (Å²) in [6.45, 7) is 1.81. The monoisotopic (exact) mass is 321 g/mol. The summed E-state index contributed by atoms with van der Waals surface area (Å²) in [6, 6.07) is 3.61. The molecule has 1 aromatic rings. The van der Waals surface area contributed by atoms with Gasteiger partial charge in [0.15, 0.2) is 0 Å². The molecule has 3 rings (SSSR count). The molecule has 1 N–H and O–H groups in total. The number of aromatic nitrogens is 1. The Hall–Kier alpha value is -1.76. The van der Waals surface area contributed by atoms with Gasteiger partial charge < -0.3 is 15.0 Å². The molecule has 2 saturated heterocycles. The van der Waals surface area contributed by atoms with Gasteiger partial charge in [0.05, 0.1) is 12.1 Å². The number of ether oxygens (including phenoxy) is 1. The zero-order chi connectivity index (χ0) is 15.6. The van der Waals surface area contributed by atoms with Crippen LogP contribution in [0.25, 0.3) is 0 Å². The van der Waals surface area contributed by atoms with Crippen LogP contribution < -0.4 is 5.32 Å². The number of carbonyl (C=O) groups excluding carboxylic acids is 2. The number of pyridine rings is 1. The van der Waals surface area contributed by atoms with Crippen molar-refractivity contribution in [1.29, 1.82) is 0 Å². The van der Waals surface area contributed by atoms with Crippen molar-refractivity contribution in [3.63, 3.8) is 0 Å². The second kappa shape index (κ2) is 6.16. The highest BCUT2D eigenvalue weighted by Gasteiger charge is 2.42. The summed E-state index contributed by atoms with van der Waals surface area (Å²) in [4.78, 5) is 30.2. The molecule has 0 bridgehead atoms. The van der Waals surface area contributed by atoms with Gasteiger partial charge in [0, 0.05) is 25.7 Å². The SMILES string of the molecule is CSc1ncccc1C(=O)N1CCC[C@@]2(CC1)CNC(=O)O2. The van der Waals surface area contributed by atoms with Crippen molar-refractivity contribution in [2.75, 3.05) is 25.9 Å². The Morgan fingerprint density at radius 3 is 3.05 bits per heavy atom. The maximum absolute atomic E-state index is 12.7. The molecule has 22 heavy (non-hydrogen) atoms. The first-order valence-corrected chi connectivity index (χ1v) is 8.61. The number of hydrogen-bond acceptors (Lipinski definition) is 5. The zero-order valence-electron chi connectivity index (χ0n) is 12.5. The Kier molecular flexibility index (Phi) is 4.24. The summed E-state index contributed by atoms with van der Waals surface area (Å²) in [5, 5.41) is 3.47. The number of nitrogens with zero attached hydrogens (tertiary/aromatic N) is 2. The highest BCUT2D eigenvalue weighted by molar-refractivity contribution is 7.98. The first kappa shape index (κ1) is 15.1. The fourth-order valence-electron chi connectivity index (χ4n) is 3.04. The third kappa shape index (κ3) is 2.90. The molecule has 1 aromatic heterocycles. The number of thioether (sulfide) groups is 1. The van der Waals surface area contributed by atoms with Gasteiger partial charge in [0.2, 0.25) is 0 Å². The number of alkyl carbamates (subject to hydrolysis) is 1. The van der Waals surface area contributed by atoms with E-state index in [1.54, 1.807) is 12.3 Å². The number of rotatable bonds is 2. The molecule has 0 radical (unpaired) electrons. The summed E-state index contributed by atoms with van der Waals surface area (Å²) in [6.07, 6.45) is 5.56. The molecule has 1 spiro atoms. The Labute approximate surface area is 133 Å². The summed E-state index contributed by atoms with van der Waals surface area (Å²) < 4.78 is 5.44. The van der Waals surface area contributed by atoms with Gasteiger partial charge in [-0.25, -0.2) is 9.78 Å². The standard InChI is InChI=1S/C15H19N3O3S/c1-22-12-11(4-2-7-16-12)13(19)18-8-3-5-15(6-9-18)10-17-14(20)21-15/h2,4,7H,3,5-6,8-10H2,1H3,(H,17,20)/t15-/m1/s1. The molecule has 2 amide bonds. The summed E-state index contributed by atoms with van der Waals surface area (Å²) >= 11 is 1.47. The topological polar surface area (TPSA) is 71.5 Å². The van der Waals surface area contributed by atoms with Crippen molar-refractivity contribution in [3.8, 4) is 0 Å². The lowest BCUT2D eigenvalue weighted by molar-refractivity contribution is 0.0438. The Bertz CT molecular complexity index is 595. The summed E-state index contributed by atoms with van der Waals surface area (Å²) in [7, 11) is 0. The van der Waals surface area contributed by atoms with Crippen LogP contribution in [0, 0.1) is 0 Å². The van der Waals surface area contributed by atoms with E-state index < -0.39 is 5.60 Å². The molecule has 0 aliphatic carbocycles. The van der Waals surface area contributed by atoms with E-state index in [0.717, 1.165) is 17.9 Å². The molecule has 0 unspecified atom stereocenters. The van der Waals surface area contributed by atoms with Crippen LogP contribution in [0.3, 0.4) is 0 Å². The van der Waals surface area contributed by atoms with E-state index in [-0.39, 0.29) is 12.0 Å². The van der Waals surface area contributed by atoms with E-state index >= 15 is 0 Å². The van der Waals surface area contributed by atoms with Gasteiger partial charge in [-0.15, -0.1) is 11.8 Å². The molecule has 2 aliphatic rings. The van der Waals surface area contributed by atoms with Gasteiger partial charge in [-0.1, -0.05) is 0 Å². The quantitative estimate of drug-likeness (QED) is 0.843. The average Bonchev–Trinajstić information content (AvgIpc) is 2.78. The third-order valence-corrected chi connectivity index (χ3v) is 4.96. The normalized spacial score (nSPS) is 24.8. The molecule has 3 heterocycles. The van der Waals surface area contributed by atoms with Crippen LogP contribution in [-0.2, 0) is 4.74 Å². The van der Waals surface area contributed by atoms with Crippen LogP contribution in [-0.4, -0.2) is 53.4 Å². The molecule has 1 atom stereocenters. The van der Waals surface area contributed by atoms with Crippen LogP contribution in [0.2, 0.25) is 0 Å². The molecule has 2 aliphatic heterocycles. The maximum atomic E-state index is 12.7. The Balaban J connectivity index is 1.73. The molecule has 118 valence electrons. The lowest BCUT2D eigenvalue weighted by Gasteiger charge is -2.25. The highest BCUT2D eigenvalue weighted by atomic mass is 32.2. The van der Waals surface area contributed by atoms with Crippen LogP contribution in [0.5, 0.6) is 0 Å². The van der Waals surface area contributed by atoms with Crippen molar-refractivity contribution < 1.29 is 14.3 Å². The van der Waals surface area contributed by atoms with Gasteiger partial charge in [-0.3, -0.25) is 4.79 Å². The number of amides is 2. The largest absolute Gasteiger partial charge is 0.441 e. The smallest absolute Gasteiger partial charge is 0.407 e. The van der Waals surface area contributed by atoms with E-state index in [1.807, 2.05) is 17.2 Å². The van der Waals surface area contributed by atoms with Gasteiger partial charge in [-0.05, 0) is 31.2 Å². The lowest BCUT2D eigenvalue weighted by Crippen LogP contribution is -2.36. The van der Waals surface area contributed by atoms with E-state index in [1.165, 1.54) is 11.8 Å². The Morgan fingerprint density at radius 2 is 2.32 bits per heavy atom. The lowest BCUT2D eigenvalue weighted by atomic mass is 9.95. The third-order valence-electron chi connectivity index (χ3n) is 4.24. The molecular formula is C15H19N3O3S. The Morgan fingerprint density at radius 1 is 1.45 bits per heavy atom. The fourth-order valence-corrected chi connectivity index (χ4v) is 3.58. The van der Waals surface area contributed by atoms with E-state index in [2.05, 4.69) is 10.3 Å². The van der Waals surface area contributed by atoms with Gasteiger partial charge in [0.25, 0.3) is 5.91 Å². The van der Waals surface area contributed by atoms with Crippen molar-refractivity contribution in [2.45, 2.75) is 29.9 Å². The van der Waals surface area contributed by atoms with E-state index in [0.29, 0.717) is 31.6 Å². The summed E-state index contributed by atoms with van der Waals surface area (Å²) in [5.41, 5.74) is 0.205. The molecule has 6 nitrogen and oxygen atoms in total. The number of hydrogen-bond donors (Lipinski definition) is 1. The maximum Gasteiger partial charge on any atom is 0.407 e. The predicted octanol–water partition coefficient (Wildman–Crippen LogP) is 1.91. The van der Waals surface area contributed by atoms with Crippen LogP contribution in [0.4, 0.5) is 4.79 Å². The highest BCUT2D eigenvalue weighted by Crippen LogP contribution is 2.30. The van der Waals surface area contributed by atoms with Gasteiger partial charge in [-0.2, -0.15) is 0 Å². The predicted molar refractivity (Wildman–Crippen MR) is 83.0 cm³/mol. The van der Waals surface area contributed by atoms with Gasteiger partial charge in [0.1, 0.15) is 10.6 Å². The molecule has 0 aromatic carbocycles.